The minimum absolute atomic E-state index is 0.0645. The summed E-state index contributed by atoms with van der Waals surface area (Å²) in [5, 5.41) is 3.33. The summed E-state index contributed by atoms with van der Waals surface area (Å²) < 4.78 is 0. The topological polar surface area (TPSA) is 42.0 Å². The molecule has 0 fully saturated rings. The number of benzene rings is 1. The van der Waals surface area contributed by atoms with Gasteiger partial charge in [0.1, 0.15) is 5.15 Å². The second-order valence-electron chi connectivity index (χ2n) is 5.38. The first-order chi connectivity index (χ1) is 9.86. The minimum Gasteiger partial charge on any atom is -0.346 e. The number of hydrogen-bond donors (Lipinski definition) is 1. The first-order valence-electron chi connectivity index (χ1n) is 6.89. The number of hydrogen-bond acceptors (Lipinski definition) is 2. The number of halogens is 1. The highest BCUT2D eigenvalue weighted by atomic mass is 35.5. The van der Waals surface area contributed by atoms with E-state index in [0.29, 0.717) is 10.7 Å². The summed E-state index contributed by atoms with van der Waals surface area (Å²) in [7, 11) is 0. The zero-order chi connectivity index (χ0) is 15.6. The third kappa shape index (κ3) is 3.82. The molecule has 1 aromatic heterocycles. The van der Waals surface area contributed by atoms with Crippen LogP contribution >= 0.6 is 11.6 Å². The van der Waals surface area contributed by atoms with Crippen LogP contribution in [0.25, 0.3) is 0 Å². The van der Waals surface area contributed by atoms with Crippen LogP contribution in [0.2, 0.25) is 5.15 Å². The van der Waals surface area contributed by atoms with E-state index in [1.807, 2.05) is 13.8 Å². The molecule has 110 valence electrons. The van der Waals surface area contributed by atoms with Gasteiger partial charge in [0, 0.05) is 11.3 Å². The molecule has 1 atom stereocenters. The lowest BCUT2D eigenvalue weighted by atomic mass is 10.00. The molecule has 1 heterocycles. The number of pyridine rings is 1. The zero-order valence-corrected chi connectivity index (χ0v) is 13.5. The van der Waals surface area contributed by atoms with Crippen molar-refractivity contribution in [1.29, 1.82) is 0 Å². The maximum absolute atomic E-state index is 12.3. The molecule has 0 aliphatic rings. The van der Waals surface area contributed by atoms with E-state index in [2.05, 4.69) is 42.3 Å². The van der Waals surface area contributed by atoms with E-state index in [1.165, 1.54) is 11.1 Å². The van der Waals surface area contributed by atoms with Gasteiger partial charge in [0.15, 0.2) is 0 Å². The molecule has 1 N–H and O–H groups in total. The molecule has 0 aliphatic carbocycles. The molecule has 0 radical (unpaired) electrons. The summed E-state index contributed by atoms with van der Waals surface area (Å²) >= 11 is 5.90. The van der Waals surface area contributed by atoms with Gasteiger partial charge in [-0.05, 0) is 51.0 Å². The standard InChI is InChI=1S/C17H19ClN2O/c1-10-5-6-15(11(2)7-10)13(4)20-17(21)14-8-12(3)19-16(18)9-14/h5-9,13H,1-4H3,(H,20,21). The van der Waals surface area contributed by atoms with Gasteiger partial charge in [0.05, 0.1) is 6.04 Å². The lowest BCUT2D eigenvalue weighted by molar-refractivity contribution is 0.0939. The SMILES string of the molecule is Cc1ccc(C(C)NC(=O)c2cc(C)nc(Cl)c2)c(C)c1. The van der Waals surface area contributed by atoms with E-state index in [4.69, 9.17) is 11.6 Å². The monoisotopic (exact) mass is 302 g/mol. The lowest BCUT2D eigenvalue weighted by Crippen LogP contribution is -2.27. The summed E-state index contributed by atoms with van der Waals surface area (Å²) in [5.74, 6) is -0.144. The van der Waals surface area contributed by atoms with Crippen LogP contribution in [0.5, 0.6) is 0 Å². The number of nitrogens with zero attached hydrogens (tertiary/aromatic N) is 1. The van der Waals surface area contributed by atoms with Crippen molar-refractivity contribution in [3.8, 4) is 0 Å². The van der Waals surface area contributed by atoms with Gasteiger partial charge in [0.25, 0.3) is 5.91 Å². The van der Waals surface area contributed by atoms with Gasteiger partial charge in [-0.1, -0.05) is 35.4 Å². The maximum Gasteiger partial charge on any atom is 0.251 e. The van der Waals surface area contributed by atoms with Crippen molar-refractivity contribution in [2.24, 2.45) is 0 Å². The molecule has 0 aliphatic heterocycles. The molecule has 1 amide bonds. The second-order valence-corrected chi connectivity index (χ2v) is 5.76. The molecule has 0 bridgehead atoms. The Kier molecular flexibility index (Phi) is 4.63. The van der Waals surface area contributed by atoms with Crippen LogP contribution in [-0.4, -0.2) is 10.9 Å². The average molecular weight is 303 g/mol. The Labute approximate surface area is 130 Å². The van der Waals surface area contributed by atoms with Crippen molar-refractivity contribution in [3.05, 3.63) is 63.4 Å². The van der Waals surface area contributed by atoms with Gasteiger partial charge < -0.3 is 5.32 Å². The summed E-state index contributed by atoms with van der Waals surface area (Å²) in [6.07, 6.45) is 0. The predicted molar refractivity (Wildman–Crippen MR) is 85.8 cm³/mol. The van der Waals surface area contributed by atoms with Gasteiger partial charge in [0.2, 0.25) is 0 Å². The van der Waals surface area contributed by atoms with E-state index in [9.17, 15) is 4.79 Å². The highest BCUT2D eigenvalue weighted by Crippen LogP contribution is 2.19. The van der Waals surface area contributed by atoms with Crippen molar-refractivity contribution in [1.82, 2.24) is 10.3 Å². The molecule has 0 saturated carbocycles. The van der Waals surface area contributed by atoms with Crippen LogP contribution in [0, 0.1) is 20.8 Å². The Balaban J connectivity index is 2.18. The number of aryl methyl sites for hydroxylation is 3. The normalized spacial score (nSPS) is 12.0. The Morgan fingerprint density at radius 1 is 1.19 bits per heavy atom. The van der Waals surface area contributed by atoms with Gasteiger partial charge >= 0.3 is 0 Å². The van der Waals surface area contributed by atoms with Crippen LogP contribution in [0.3, 0.4) is 0 Å². The molecule has 3 nitrogen and oxygen atoms in total. The Hall–Kier alpha value is -1.87. The van der Waals surface area contributed by atoms with Crippen LogP contribution in [0.4, 0.5) is 0 Å². The zero-order valence-electron chi connectivity index (χ0n) is 12.7. The summed E-state index contributed by atoms with van der Waals surface area (Å²) in [6, 6.07) is 9.48. The predicted octanol–water partition coefficient (Wildman–Crippen LogP) is 4.15. The third-order valence-corrected chi connectivity index (χ3v) is 3.62. The van der Waals surface area contributed by atoms with E-state index < -0.39 is 0 Å². The van der Waals surface area contributed by atoms with Crippen molar-refractivity contribution in [2.75, 3.05) is 0 Å². The van der Waals surface area contributed by atoms with Gasteiger partial charge in [-0.3, -0.25) is 4.79 Å². The third-order valence-electron chi connectivity index (χ3n) is 3.42. The van der Waals surface area contributed by atoms with Crippen molar-refractivity contribution in [3.63, 3.8) is 0 Å². The van der Waals surface area contributed by atoms with Gasteiger partial charge in [-0.15, -0.1) is 0 Å². The highest BCUT2D eigenvalue weighted by molar-refractivity contribution is 6.29. The molecule has 1 unspecified atom stereocenters. The highest BCUT2D eigenvalue weighted by Gasteiger charge is 2.14. The summed E-state index contributed by atoms with van der Waals surface area (Å²) in [4.78, 5) is 16.4. The largest absolute Gasteiger partial charge is 0.346 e. The summed E-state index contributed by atoms with van der Waals surface area (Å²) in [6.45, 7) is 7.90. The first kappa shape index (κ1) is 15.5. The Bertz CT molecular complexity index is 662. The first-order valence-corrected chi connectivity index (χ1v) is 7.27. The van der Waals surface area contributed by atoms with Crippen molar-refractivity contribution in [2.45, 2.75) is 33.7 Å². The smallest absolute Gasteiger partial charge is 0.251 e. The van der Waals surface area contributed by atoms with Crippen LogP contribution in [0.15, 0.2) is 30.3 Å². The molecule has 1 aromatic carbocycles. The fraction of sp³-hybridized carbons (Fsp3) is 0.294. The second kappa shape index (κ2) is 6.27. The number of amides is 1. The fourth-order valence-electron chi connectivity index (χ4n) is 2.43. The quantitative estimate of drug-likeness (QED) is 0.865. The number of nitrogens with one attached hydrogen (secondary N) is 1. The van der Waals surface area contributed by atoms with E-state index in [0.717, 1.165) is 11.3 Å². The maximum atomic E-state index is 12.3. The molecule has 21 heavy (non-hydrogen) atoms. The van der Waals surface area contributed by atoms with Crippen molar-refractivity contribution >= 4 is 17.5 Å². The number of rotatable bonds is 3. The van der Waals surface area contributed by atoms with E-state index in [-0.39, 0.29) is 11.9 Å². The molecule has 2 rings (SSSR count). The van der Waals surface area contributed by atoms with E-state index in [1.54, 1.807) is 12.1 Å². The number of carbonyl (C=O) groups is 1. The van der Waals surface area contributed by atoms with Crippen LogP contribution in [0.1, 0.15) is 45.7 Å². The number of aromatic nitrogens is 1. The molecule has 2 aromatic rings. The molecular weight excluding hydrogens is 284 g/mol. The molecular formula is C17H19ClN2O. The lowest BCUT2D eigenvalue weighted by Gasteiger charge is -2.17. The number of carbonyl (C=O) groups excluding carboxylic acids is 1. The Morgan fingerprint density at radius 3 is 2.52 bits per heavy atom. The molecule has 4 heteroatoms. The summed E-state index contributed by atoms with van der Waals surface area (Å²) in [5.41, 5.74) is 4.76. The van der Waals surface area contributed by atoms with Crippen LogP contribution < -0.4 is 5.32 Å². The van der Waals surface area contributed by atoms with Gasteiger partial charge in [-0.2, -0.15) is 0 Å². The molecule has 0 saturated heterocycles. The van der Waals surface area contributed by atoms with E-state index >= 15 is 0 Å². The average Bonchev–Trinajstić information content (AvgIpc) is 2.37. The van der Waals surface area contributed by atoms with Gasteiger partial charge in [-0.25, -0.2) is 4.98 Å². The van der Waals surface area contributed by atoms with Crippen molar-refractivity contribution < 1.29 is 4.79 Å². The van der Waals surface area contributed by atoms with Crippen LogP contribution in [-0.2, 0) is 0 Å². The fourth-order valence-corrected chi connectivity index (χ4v) is 2.68. The minimum atomic E-state index is -0.144. The Morgan fingerprint density at radius 2 is 1.90 bits per heavy atom. The molecule has 0 spiro atoms.